The summed E-state index contributed by atoms with van der Waals surface area (Å²) in [6.07, 6.45) is 6.26. The predicted octanol–water partition coefficient (Wildman–Crippen LogP) is 3.67. The molecule has 0 radical (unpaired) electrons. The van der Waals surface area contributed by atoms with E-state index in [1.807, 2.05) is 19.1 Å². The van der Waals surface area contributed by atoms with Gasteiger partial charge in [0.25, 0.3) is 5.69 Å². The van der Waals surface area contributed by atoms with Crippen molar-refractivity contribution < 1.29 is 4.92 Å². The van der Waals surface area contributed by atoms with Gasteiger partial charge in [-0.15, -0.1) is 0 Å². The average molecular weight is 260 g/mol. The van der Waals surface area contributed by atoms with Crippen LogP contribution in [0.5, 0.6) is 0 Å². The summed E-state index contributed by atoms with van der Waals surface area (Å²) in [4.78, 5) is 13.3. The van der Waals surface area contributed by atoms with Crippen LogP contribution in [0.15, 0.2) is 18.2 Å². The minimum absolute atomic E-state index is 0.238. The van der Waals surface area contributed by atoms with Gasteiger partial charge in [0, 0.05) is 18.7 Å². The largest absolute Gasteiger partial charge is 0.363 e. The van der Waals surface area contributed by atoms with Crippen molar-refractivity contribution in [2.24, 2.45) is 5.92 Å². The zero-order valence-electron chi connectivity index (χ0n) is 11.3. The van der Waals surface area contributed by atoms with E-state index in [2.05, 4.69) is 4.90 Å². The molecule has 0 amide bonds. The van der Waals surface area contributed by atoms with Crippen molar-refractivity contribution in [3.05, 3.63) is 33.9 Å². The third kappa shape index (κ3) is 2.20. The lowest BCUT2D eigenvalue weighted by Crippen LogP contribution is -2.35. The lowest BCUT2D eigenvalue weighted by molar-refractivity contribution is -0.384. The predicted molar refractivity (Wildman–Crippen MR) is 75.5 cm³/mol. The van der Waals surface area contributed by atoms with E-state index in [9.17, 15) is 10.1 Å². The Bertz CT molecular complexity index is 501. The van der Waals surface area contributed by atoms with Crippen molar-refractivity contribution in [3.8, 4) is 0 Å². The highest BCUT2D eigenvalue weighted by molar-refractivity contribution is 5.65. The fourth-order valence-electron chi connectivity index (χ4n) is 3.73. The van der Waals surface area contributed by atoms with Gasteiger partial charge in [-0.1, -0.05) is 18.9 Å². The number of fused-ring (bicyclic) bond motifs is 1. The summed E-state index contributed by atoms with van der Waals surface area (Å²) < 4.78 is 0. The van der Waals surface area contributed by atoms with Gasteiger partial charge in [-0.05, 0) is 43.7 Å². The Hall–Kier alpha value is -1.58. The van der Waals surface area contributed by atoms with E-state index < -0.39 is 0 Å². The number of hydrogen-bond donors (Lipinski definition) is 0. The quantitative estimate of drug-likeness (QED) is 0.602. The van der Waals surface area contributed by atoms with Gasteiger partial charge in [0.2, 0.25) is 0 Å². The van der Waals surface area contributed by atoms with E-state index in [0.717, 1.165) is 23.7 Å². The molecule has 0 N–H and O–H groups in total. The molecule has 102 valence electrons. The van der Waals surface area contributed by atoms with Crippen molar-refractivity contribution in [1.82, 2.24) is 0 Å². The lowest BCUT2D eigenvalue weighted by atomic mass is 9.85. The van der Waals surface area contributed by atoms with Crippen molar-refractivity contribution in [1.29, 1.82) is 0 Å². The first-order chi connectivity index (χ1) is 9.16. The summed E-state index contributed by atoms with van der Waals surface area (Å²) in [7, 11) is 0. The summed E-state index contributed by atoms with van der Waals surface area (Å²) >= 11 is 0. The number of aryl methyl sites for hydroxylation is 1. The molecular formula is C15H20N2O2. The third-order valence-electron chi connectivity index (χ3n) is 4.65. The molecule has 2 unspecified atom stereocenters. The van der Waals surface area contributed by atoms with Crippen LogP contribution in [0.4, 0.5) is 11.4 Å². The van der Waals surface area contributed by atoms with Crippen molar-refractivity contribution in [2.45, 2.75) is 45.1 Å². The molecule has 1 aliphatic carbocycles. The third-order valence-corrected chi connectivity index (χ3v) is 4.65. The highest BCUT2D eigenvalue weighted by atomic mass is 16.6. The van der Waals surface area contributed by atoms with E-state index in [0.29, 0.717) is 6.04 Å². The molecule has 1 saturated carbocycles. The molecule has 2 aliphatic rings. The highest BCUT2D eigenvalue weighted by Crippen LogP contribution is 2.41. The summed E-state index contributed by atoms with van der Waals surface area (Å²) in [5, 5.41) is 11.3. The molecule has 4 heteroatoms. The second-order valence-corrected chi connectivity index (χ2v) is 5.84. The average Bonchev–Trinajstić information content (AvgIpc) is 2.82. The normalized spacial score (nSPS) is 26.3. The molecule has 1 aliphatic heterocycles. The van der Waals surface area contributed by atoms with E-state index >= 15 is 0 Å². The molecule has 1 heterocycles. The smallest absolute Gasteiger partial charge is 0.292 e. The standard InChI is InChI=1S/C15H20N2O2/c1-11-6-7-14(15(10-11)17(18)19)16-9-8-12-4-2-3-5-13(12)16/h6-7,10,12-13H,2-5,8-9H2,1H3. The van der Waals surface area contributed by atoms with Crippen LogP contribution in [0.1, 0.15) is 37.7 Å². The van der Waals surface area contributed by atoms with Crippen molar-refractivity contribution in [2.75, 3.05) is 11.4 Å². The molecule has 2 fully saturated rings. The minimum Gasteiger partial charge on any atom is -0.363 e. The zero-order chi connectivity index (χ0) is 13.4. The zero-order valence-corrected chi connectivity index (χ0v) is 11.3. The SMILES string of the molecule is Cc1ccc(N2CCC3CCCCC32)c([N+](=O)[O-])c1. The van der Waals surface area contributed by atoms with Gasteiger partial charge in [0.1, 0.15) is 5.69 Å². The van der Waals surface area contributed by atoms with Crippen LogP contribution in [0, 0.1) is 23.0 Å². The topological polar surface area (TPSA) is 46.4 Å². The fraction of sp³-hybridized carbons (Fsp3) is 0.600. The first-order valence-electron chi connectivity index (χ1n) is 7.18. The van der Waals surface area contributed by atoms with Gasteiger partial charge in [-0.2, -0.15) is 0 Å². The molecular weight excluding hydrogens is 240 g/mol. The Morgan fingerprint density at radius 1 is 1.26 bits per heavy atom. The maximum Gasteiger partial charge on any atom is 0.292 e. The van der Waals surface area contributed by atoms with Crippen molar-refractivity contribution >= 4 is 11.4 Å². The monoisotopic (exact) mass is 260 g/mol. The Kier molecular flexibility index (Phi) is 3.17. The summed E-state index contributed by atoms with van der Waals surface area (Å²) in [6, 6.07) is 6.14. The number of hydrogen-bond acceptors (Lipinski definition) is 3. The van der Waals surface area contributed by atoms with Gasteiger partial charge in [-0.3, -0.25) is 10.1 Å². The second-order valence-electron chi connectivity index (χ2n) is 5.84. The molecule has 19 heavy (non-hydrogen) atoms. The van der Waals surface area contributed by atoms with Gasteiger partial charge in [-0.25, -0.2) is 0 Å². The van der Waals surface area contributed by atoms with Crippen LogP contribution in [0.2, 0.25) is 0 Å². The number of nitro benzene ring substituents is 1. The van der Waals surface area contributed by atoms with Crippen LogP contribution in [0.25, 0.3) is 0 Å². The maximum atomic E-state index is 11.3. The number of nitrogens with zero attached hydrogens (tertiary/aromatic N) is 2. The summed E-state index contributed by atoms with van der Waals surface area (Å²) in [6.45, 7) is 2.88. The van der Waals surface area contributed by atoms with Crippen LogP contribution in [-0.4, -0.2) is 17.5 Å². The first-order valence-corrected chi connectivity index (χ1v) is 7.18. The summed E-state index contributed by atoms with van der Waals surface area (Å²) in [5.74, 6) is 0.745. The molecule has 1 aromatic rings. The Balaban J connectivity index is 1.95. The van der Waals surface area contributed by atoms with E-state index in [1.54, 1.807) is 6.07 Å². The number of anilines is 1. The number of rotatable bonds is 2. The Morgan fingerprint density at radius 2 is 2.05 bits per heavy atom. The highest BCUT2D eigenvalue weighted by Gasteiger charge is 2.37. The summed E-state index contributed by atoms with van der Waals surface area (Å²) in [5.41, 5.74) is 2.05. The van der Waals surface area contributed by atoms with Crippen molar-refractivity contribution in [3.63, 3.8) is 0 Å². The minimum atomic E-state index is -0.238. The molecule has 0 aromatic heterocycles. The fourth-order valence-corrected chi connectivity index (χ4v) is 3.73. The molecule has 0 bridgehead atoms. The molecule has 1 saturated heterocycles. The number of nitro groups is 1. The molecule has 1 aromatic carbocycles. The maximum absolute atomic E-state index is 11.3. The van der Waals surface area contributed by atoms with Gasteiger partial charge >= 0.3 is 0 Å². The lowest BCUT2D eigenvalue weighted by Gasteiger charge is -2.32. The van der Waals surface area contributed by atoms with Crippen LogP contribution >= 0.6 is 0 Å². The Morgan fingerprint density at radius 3 is 2.84 bits per heavy atom. The van der Waals surface area contributed by atoms with Gasteiger partial charge < -0.3 is 4.90 Å². The molecule has 4 nitrogen and oxygen atoms in total. The Labute approximate surface area is 113 Å². The number of benzene rings is 1. The molecule has 3 rings (SSSR count). The van der Waals surface area contributed by atoms with Gasteiger partial charge in [0.05, 0.1) is 4.92 Å². The van der Waals surface area contributed by atoms with Crippen LogP contribution < -0.4 is 4.90 Å². The van der Waals surface area contributed by atoms with E-state index in [-0.39, 0.29) is 10.6 Å². The molecule has 0 spiro atoms. The molecule has 2 atom stereocenters. The second kappa shape index (κ2) is 4.83. The van der Waals surface area contributed by atoms with E-state index in [1.165, 1.54) is 32.1 Å². The van der Waals surface area contributed by atoms with Crippen LogP contribution in [0.3, 0.4) is 0 Å². The van der Waals surface area contributed by atoms with Crippen LogP contribution in [-0.2, 0) is 0 Å². The van der Waals surface area contributed by atoms with E-state index in [4.69, 9.17) is 0 Å². The first kappa shape index (κ1) is 12.5. The van der Waals surface area contributed by atoms with Gasteiger partial charge in [0.15, 0.2) is 0 Å².